The van der Waals surface area contributed by atoms with E-state index >= 15 is 0 Å². The molecule has 10 aromatic carbocycles. The second kappa shape index (κ2) is 15.1. The van der Waals surface area contributed by atoms with Crippen LogP contribution in [0.2, 0.25) is 0 Å². The van der Waals surface area contributed by atoms with Crippen LogP contribution in [-0.4, -0.2) is 4.57 Å². The highest BCUT2D eigenvalue weighted by Gasteiger charge is 2.22. The monoisotopic (exact) mass is 764 g/mol. The van der Waals surface area contributed by atoms with Crippen molar-refractivity contribution in [2.75, 3.05) is 4.90 Å². The standard InChI is InChI=1S/C58H40N2/c1-5-17-41(18-6-1)42-29-31-45(32-30-42)49-37-38-57(52-26-14-13-25-51(49)52)59(47-33-35-50(43-19-7-2-8-20-43)55(39-47)44-21-9-3-10-22-44)48-34-36-54-53-27-15-16-28-56(53)60(58(54)40-48)46-23-11-4-12-24-46/h1-40H. The molecule has 2 nitrogen and oxygen atoms in total. The average Bonchev–Trinajstić information content (AvgIpc) is 3.66. The normalized spacial score (nSPS) is 11.3. The fourth-order valence-electron chi connectivity index (χ4n) is 8.98. The number of fused-ring (bicyclic) bond motifs is 4. The van der Waals surface area contributed by atoms with Crippen LogP contribution in [0.25, 0.3) is 82.8 Å². The Bertz CT molecular complexity index is 3280. The number of anilines is 3. The van der Waals surface area contributed by atoms with Gasteiger partial charge in [-0.25, -0.2) is 0 Å². The summed E-state index contributed by atoms with van der Waals surface area (Å²) < 4.78 is 2.40. The predicted molar refractivity (Wildman–Crippen MR) is 255 cm³/mol. The Kier molecular flexibility index (Phi) is 8.87. The largest absolute Gasteiger partial charge is 0.310 e. The van der Waals surface area contributed by atoms with Gasteiger partial charge in [-0.05, 0) is 98.4 Å². The van der Waals surface area contributed by atoms with Gasteiger partial charge in [0.15, 0.2) is 0 Å². The Balaban J connectivity index is 1.15. The number of hydrogen-bond acceptors (Lipinski definition) is 1. The molecule has 0 aliphatic rings. The molecule has 0 fully saturated rings. The lowest BCUT2D eigenvalue weighted by molar-refractivity contribution is 1.18. The number of para-hydroxylation sites is 2. The number of aromatic nitrogens is 1. The zero-order valence-corrected chi connectivity index (χ0v) is 33.0. The van der Waals surface area contributed by atoms with Crippen molar-refractivity contribution in [3.8, 4) is 50.2 Å². The van der Waals surface area contributed by atoms with Crippen molar-refractivity contribution in [1.82, 2.24) is 4.57 Å². The Morgan fingerprint density at radius 3 is 1.43 bits per heavy atom. The van der Waals surface area contributed by atoms with Crippen molar-refractivity contribution < 1.29 is 0 Å². The average molecular weight is 765 g/mol. The highest BCUT2D eigenvalue weighted by Crippen LogP contribution is 2.46. The summed E-state index contributed by atoms with van der Waals surface area (Å²) in [6.45, 7) is 0. The molecule has 0 radical (unpaired) electrons. The minimum Gasteiger partial charge on any atom is -0.310 e. The molecule has 1 aromatic heterocycles. The van der Waals surface area contributed by atoms with E-state index in [0.717, 1.165) is 28.3 Å². The van der Waals surface area contributed by atoms with E-state index in [2.05, 4.69) is 252 Å². The first-order chi connectivity index (χ1) is 29.8. The topological polar surface area (TPSA) is 8.17 Å². The zero-order chi connectivity index (χ0) is 39.8. The highest BCUT2D eigenvalue weighted by atomic mass is 15.1. The summed E-state index contributed by atoms with van der Waals surface area (Å²) in [5.41, 5.74) is 16.3. The van der Waals surface area contributed by atoms with Crippen molar-refractivity contribution in [1.29, 1.82) is 0 Å². The van der Waals surface area contributed by atoms with Gasteiger partial charge in [-0.2, -0.15) is 0 Å². The van der Waals surface area contributed by atoms with E-state index in [4.69, 9.17) is 0 Å². The van der Waals surface area contributed by atoms with Crippen molar-refractivity contribution in [3.05, 3.63) is 243 Å². The summed E-state index contributed by atoms with van der Waals surface area (Å²) in [7, 11) is 0. The maximum atomic E-state index is 2.46. The third-order valence-corrected chi connectivity index (χ3v) is 11.8. The van der Waals surface area contributed by atoms with Crippen molar-refractivity contribution in [2.24, 2.45) is 0 Å². The molecular formula is C58H40N2. The van der Waals surface area contributed by atoms with E-state index in [-0.39, 0.29) is 0 Å². The van der Waals surface area contributed by atoms with Gasteiger partial charge in [-0.1, -0.05) is 194 Å². The molecular weight excluding hydrogens is 725 g/mol. The van der Waals surface area contributed by atoms with Gasteiger partial charge < -0.3 is 9.47 Å². The van der Waals surface area contributed by atoms with Crippen molar-refractivity contribution >= 4 is 49.6 Å². The maximum absolute atomic E-state index is 2.46. The summed E-state index contributed by atoms with van der Waals surface area (Å²) in [6.07, 6.45) is 0. The van der Waals surface area contributed by atoms with Crippen molar-refractivity contribution in [3.63, 3.8) is 0 Å². The fourth-order valence-corrected chi connectivity index (χ4v) is 8.98. The van der Waals surface area contributed by atoms with Gasteiger partial charge in [0.2, 0.25) is 0 Å². The smallest absolute Gasteiger partial charge is 0.0561 e. The zero-order valence-electron chi connectivity index (χ0n) is 33.0. The predicted octanol–water partition coefficient (Wildman–Crippen LogP) is 16.1. The van der Waals surface area contributed by atoms with Gasteiger partial charge in [0.1, 0.15) is 0 Å². The quantitative estimate of drug-likeness (QED) is 0.150. The number of benzene rings is 10. The van der Waals surface area contributed by atoms with Crippen LogP contribution in [0, 0.1) is 0 Å². The first-order valence-electron chi connectivity index (χ1n) is 20.6. The summed E-state index contributed by atoms with van der Waals surface area (Å²) >= 11 is 0. The van der Waals surface area contributed by atoms with E-state index in [9.17, 15) is 0 Å². The lowest BCUT2D eigenvalue weighted by Gasteiger charge is -2.29. The molecule has 0 atom stereocenters. The maximum Gasteiger partial charge on any atom is 0.0561 e. The molecule has 0 saturated heterocycles. The molecule has 0 saturated carbocycles. The van der Waals surface area contributed by atoms with Crippen LogP contribution in [0.1, 0.15) is 0 Å². The summed E-state index contributed by atoms with van der Waals surface area (Å²) in [4.78, 5) is 2.46. The third kappa shape index (κ3) is 6.23. The van der Waals surface area contributed by atoms with E-state index in [0.29, 0.717) is 0 Å². The number of hydrogen-bond donors (Lipinski definition) is 0. The van der Waals surface area contributed by atoms with Crippen molar-refractivity contribution in [2.45, 2.75) is 0 Å². The van der Waals surface area contributed by atoms with Gasteiger partial charge >= 0.3 is 0 Å². The second-order valence-electron chi connectivity index (χ2n) is 15.3. The molecule has 282 valence electrons. The third-order valence-electron chi connectivity index (χ3n) is 11.8. The Labute approximate surface area is 350 Å². The van der Waals surface area contributed by atoms with Crippen LogP contribution in [0.3, 0.4) is 0 Å². The molecule has 0 amide bonds. The van der Waals surface area contributed by atoms with E-state index in [1.807, 2.05) is 0 Å². The van der Waals surface area contributed by atoms with Crippen LogP contribution in [0.15, 0.2) is 243 Å². The molecule has 0 unspecified atom stereocenters. The lowest BCUT2D eigenvalue weighted by atomic mass is 9.93. The summed E-state index contributed by atoms with van der Waals surface area (Å²) in [5, 5.41) is 4.85. The lowest BCUT2D eigenvalue weighted by Crippen LogP contribution is -2.11. The first-order valence-corrected chi connectivity index (χ1v) is 20.6. The van der Waals surface area contributed by atoms with Gasteiger partial charge in [0, 0.05) is 33.2 Å². The van der Waals surface area contributed by atoms with Crippen LogP contribution >= 0.6 is 0 Å². The molecule has 11 rings (SSSR count). The SMILES string of the molecule is c1ccc(-c2ccc(-c3ccc(N(c4ccc(-c5ccccc5)c(-c5ccccc5)c4)c4ccc5c6ccccc6n(-c6ccccc6)c5c4)c4ccccc34)cc2)cc1. The first kappa shape index (κ1) is 35.2. The van der Waals surface area contributed by atoms with Gasteiger partial charge in [-0.15, -0.1) is 0 Å². The minimum absolute atomic E-state index is 1.08. The molecule has 11 aromatic rings. The highest BCUT2D eigenvalue weighted by molar-refractivity contribution is 6.12. The summed E-state index contributed by atoms with van der Waals surface area (Å²) in [6, 6.07) is 87.9. The number of nitrogens with zero attached hydrogens (tertiary/aromatic N) is 2. The van der Waals surface area contributed by atoms with Crippen LogP contribution in [0.5, 0.6) is 0 Å². The van der Waals surface area contributed by atoms with Crippen LogP contribution in [-0.2, 0) is 0 Å². The molecule has 0 aliphatic carbocycles. The Hall–Kier alpha value is -7.94. The fraction of sp³-hybridized carbons (Fsp3) is 0. The molecule has 0 spiro atoms. The molecule has 0 bridgehead atoms. The van der Waals surface area contributed by atoms with Gasteiger partial charge in [-0.3, -0.25) is 0 Å². The van der Waals surface area contributed by atoms with Gasteiger partial charge in [0.25, 0.3) is 0 Å². The summed E-state index contributed by atoms with van der Waals surface area (Å²) in [5.74, 6) is 0. The molecule has 60 heavy (non-hydrogen) atoms. The molecule has 1 heterocycles. The Morgan fingerprint density at radius 2 is 0.733 bits per heavy atom. The van der Waals surface area contributed by atoms with E-state index < -0.39 is 0 Å². The molecule has 0 N–H and O–H groups in total. The van der Waals surface area contributed by atoms with Gasteiger partial charge in [0.05, 0.1) is 16.7 Å². The molecule has 2 heteroatoms. The molecule has 0 aliphatic heterocycles. The van der Waals surface area contributed by atoms with Crippen LogP contribution < -0.4 is 4.90 Å². The van der Waals surface area contributed by atoms with E-state index in [1.54, 1.807) is 0 Å². The second-order valence-corrected chi connectivity index (χ2v) is 15.3. The Morgan fingerprint density at radius 1 is 0.267 bits per heavy atom. The minimum atomic E-state index is 1.08. The van der Waals surface area contributed by atoms with Crippen LogP contribution in [0.4, 0.5) is 17.1 Å². The van der Waals surface area contributed by atoms with E-state index in [1.165, 1.54) is 71.6 Å². The number of rotatable bonds is 8.